The van der Waals surface area contributed by atoms with Crippen LogP contribution in [0, 0.1) is 0 Å². The maximum absolute atomic E-state index is 12.1. The molecule has 1 fully saturated rings. The van der Waals surface area contributed by atoms with Crippen molar-refractivity contribution in [1.82, 2.24) is 4.90 Å². The fourth-order valence-corrected chi connectivity index (χ4v) is 1.89. The average molecular weight is 190 g/mol. The standard InChI is InChI=1S/C9H19FN2O/c10-5-9(13)7-12-4-2-1-3-8(12)6-11/h8-9,13H,1-7,11H2/t8-,9?/m1/s1. The molecule has 13 heavy (non-hydrogen) atoms. The highest BCUT2D eigenvalue weighted by Gasteiger charge is 2.22. The molecule has 0 bridgehead atoms. The van der Waals surface area contributed by atoms with Crippen LogP contribution < -0.4 is 5.73 Å². The number of piperidine rings is 1. The lowest BCUT2D eigenvalue weighted by atomic mass is 10.0. The minimum Gasteiger partial charge on any atom is -0.389 e. The van der Waals surface area contributed by atoms with E-state index in [9.17, 15) is 4.39 Å². The van der Waals surface area contributed by atoms with Gasteiger partial charge in [0.2, 0.25) is 0 Å². The molecule has 3 N–H and O–H groups in total. The van der Waals surface area contributed by atoms with Gasteiger partial charge in [-0.25, -0.2) is 4.39 Å². The zero-order valence-corrected chi connectivity index (χ0v) is 7.95. The van der Waals surface area contributed by atoms with Crippen LogP contribution in [0.1, 0.15) is 19.3 Å². The summed E-state index contributed by atoms with van der Waals surface area (Å²) >= 11 is 0. The highest BCUT2D eigenvalue weighted by molar-refractivity contribution is 4.79. The van der Waals surface area contributed by atoms with Crippen molar-refractivity contribution in [2.45, 2.75) is 31.4 Å². The van der Waals surface area contributed by atoms with E-state index in [4.69, 9.17) is 10.8 Å². The molecule has 0 amide bonds. The summed E-state index contributed by atoms with van der Waals surface area (Å²) in [4.78, 5) is 2.10. The second kappa shape index (κ2) is 5.52. The van der Waals surface area contributed by atoms with Gasteiger partial charge in [0.25, 0.3) is 0 Å². The molecule has 0 aromatic carbocycles. The molecule has 0 saturated carbocycles. The summed E-state index contributed by atoms with van der Waals surface area (Å²) in [5.74, 6) is 0. The van der Waals surface area contributed by atoms with Crippen molar-refractivity contribution in [2.75, 3.05) is 26.3 Å². The topological polar surface area (TPSA) is 49.5 Å². The fraction of sp³-hybridized carbons (Fsp3) is 1.00. The number of likely N-dealkylation sites (tertiary alicyclic amines) is 1. The maximum Gasteiger partial charge on any atom is 0.117 e. The van der Waals surface area contributed by atoms with Crippen LogP contribution in [0.4, 0.5) is 4.39 Å². The summed E-state index contributed by atoms with van der Waals surface area (Å²) in [5, 5.41) is 9.17. The lowest BCUT2D eigenvalue weighted by Gasteiger charge is -2.35. The minimum atomic E-state index is -0.841. The highest BCUT2D eigenvalue weighted by Crippen LogP contribution is 2.16. The van der Waals surface area contributed by atoms with Gasteiger partial charge in [0.15, 0.2) is 0 Å². The number of halogens is 1. The Morgan fingerprint density at radius 3 is 2.92 bits per heavy atom. The molecule has 1 saturated heterocycles. The average Bonchev–Trinajstić information content (AvgIpc) is 2.18. The lowest BCUT2D eigenvalue weighted by Crippen LogP contribution is -2.47. The lowest BCUT2D eigenvalue weighted by molar-refractivity contribution is 0.0559. The van der Waals surface area contributed by atoms with Crippen LogP contribution in [0.3, 0.4) is 0 Å². The molecule has 3 nitrogen and oxygen atoms in total. The molecule has 0 aromatic rings. The first kappa shape index (κ1) is 10.9. The molecule has 1 unspecified atom stereocenters. The van der Waals surface area contributed by atoms with E-state index < -0.39 is 12.8 Å². The van der Waals surface area contributed by atoms with Gasteiger partial charge in [-0.05, 0) is 19.4 Å². The Hall–Kier alpha value is -0.190. The zero-order valence-electron chi connectivity index (χ0n) is 7.95. The number of β-amino-alcohol motifs (C(OH)–C–C–N with tert-alkyl or cyclic N) is 1. The molecule has 0 aromatic heterocycles. The number of nitrogens with zero attached hydrogens (tertiary/aromatic N) is 1. The maximum atomic E-state index is 12.1. The molecular weight excluding hydrogens is 171 g/mol. The molecule has 0 spiro atoms. The third kappa shape index (κ3) is 3.21. The van der Waals surface area contributed by atoms with E-state index in [0.29, 0.717) is 19.1 Å². The van der Waals surface area contributed by atoms with Crippen molar-refractivity contribution in [1.29, 1.82) is 0 Å². The number of hydrogen-bond acceptors (Lipinski definition) is 3. The molecule has 1 rings (SSSR count). The predicted octanol–water partition coefficient (Wildman–Crippen LogP) is 0.130. The van der Waals surface area contributed by atoms with Crippen molar-refractivity contribution in [3.8, 4) is 0 Å². The Morgan fingerprint density at radius 2 is 2.31 bits per heavy atom. The summed E-state index contributed by atoms with van der Waals surface area (Å²) in [7, 11) is 0. The molecule has 0 radical (unpaired) electrons. The van der Waals surface area contributed by atoms with Crippen molar-refractivity contribution in [3.05, 3.63) is 0 Å². The van der Waals surface area contributed by atoms with Crippen LogP contribution in [0.15, 0.2) is 0 Å². The van der Waals surface area contributed by atoms with E-state index >= 15 is 0 Å². The second-order valence-corrected chi connectivity index (χ2v) is 3.69. The fourth-order valence-electron chi connectivity index (χ4n) is 1.89. The van der Waals surface area contributed by atoms with Crippen molar-refractivity contribution in [2.24, 2.45) is 5.73 Å². The van der Waals surface area contributed by atoms with Gasteiger partial charge in [-0.3, -0.25) is 4.90 Å². The third-order valence-electron chi connectivity index (χ3n) is 2.64. The van der Waals surface area contributed by atoms with Gasteiger partial charge in [-0.15, -0.1) is 0 Å². The molecule has 1 aliphatic heterocycles. The highest BCUT2D eigenvalue weighted by atomic mass is 19.1. The Labute approximate surface area is 78.7 Å². The van der Waals surface area contributed by atoms with Gasteiger partial charge in [-0.1, -0.05) is 6.42 Å². The van der Waals surface area contributed by atoms with Gasteiger partial charge in [0.05, 0.1) is 6.10 Å². The number of aliphatic hydroxyl groups is 1. The first-order chi connectivity index (χ1) is 6.27. The summed E-state index contributed by atoms with van der Waals surface area (Å²) in [6.07, 6.45) is 2.57. The van der Waals surface area contributed by atoms with E-state index in [-0.39, 0.29) is 0 Å². The second-order valence-electron chi connectivity index (χ2n) is 3.69. The normalized spacial score (nSPS) is 27.5. The smallest absolute Gasteiger partial charge is 0.117 e. The number of aliphatic hydroxyl groups excluding tert-OH is 1. The largest absolute Gasteiger partial charge is 0.389 e. The van der Waals surface area contributed by atoms with Gasteiger partial charge >= 0.3 is 0 Å². The summed E-state index contributed by atoms with van der Waals surface area (Å²) in [6, 6.07) is 0.343. The van der Waals surface area contributed by atoms with E-state index in [2.05, 4.69) is 4.90 Å². The molecule has 0 aliphatic carbocycles. The van der Waals surface area contributed by atoms with E-state index in [0.717, 1.165) is 19.4 Å². The first-order valence-corrected chi connectivity index (χ1v) is 4.96. The van der Waals surface area contributed by atoms with Gasteiger partial charge < -0.3 is 10.8 Å². The molecule has 4 heteroatoms. The van der Waals surface area contributed by atoms with Crippen LogP contribution in [0.5, 0.6) is 0 Å². The van der Waals surface area contributed by atoms with Gasteiger partial charge in [0, 0.05) is 19.1 Å². The number of nitrogens with two attached hydrogens (primary N) is 1. The first-order valence-electron chi connectivity index (χ1n) is 4.96. The van der Waals surface area contributed by atoms with Crippen LogP contribution >= 0.6 is 0 Å². The molecule has 78 valence electrons. The van der Waals surface area contributed by atoms with Crippen LogP contribution in [-0.4, -0.2) is 48.5 Å². The SMILES string of the molecule is NC[C@H]1CCCCN1CC(O)CF. The third-order valence-corrected chi connectivity index (χ3v) is 2.64. The number of alkyl halides is 1. The molecule has 1 aliphatic rings. The summed E-state index contributed by atoms with van der Waals surface area (Å²) in [5.41, 5.74) is 5.59. The predicted molar refractivity (Wildman–Crippen MR) is 50.2 cm³/mol. The van der Waals surface area contributed by atoms with Gasteiger partial charge in [-0.2, -0.15) is 0 Å². The molecule has 2 atom stereocenters. The van der Waals surface area contributed by atoms with Gasteiger partial charge in [0.1, 0.15) is 6.67 Å². The molecule has 1 heterocycles. The zero-order chi connectivity index (χ0) is 9.68. The van der Waals surface area contributed by atoms with Crippen molar-refractivity contribution in [3.63, 3.8) is 0 Å². The van der Waals surface area contributed by atoms with Crippen LogP contribution in [0.2, 0.25) is 0 Å². The van der Waals surface area contributed by atoms with Crippen molar-refractivity contribution >= 4 is 0 Å². The van der Waals surface area contributed by atoms with E-state index in [1.54, 1.807) is 0 Å². The van der Waals surface area contributed by atoms with Crippen LogP contribution in [-0.2, 0) is 0 Å². The van der Waals surface area contributed by atoms with E-state index in [1.807, 2.05) is 0 Å². The molecular formula is C9H19FN2O. The summed E-state index contributed by atoms with van der Waals surface area (Å²) < 4.78 is 12.1. The van der Waals surface area contributed by atoms with Crippen LogP contribution in [0.25, 0.3) is 0 Å². The summed E-state index contributed by atoms with van der Waals surface area (Å²) in [6.45, 7) is 1.32. The number of hydrogen-bond donors (Lipinski definition) is 2. The quantitative estimate of drug-likeness (QED) is 0.662. The Morgan fingerprint density at radius 1 is 1.54 bits per heavy atom. The Kier molecular flexibility index (Phi) is 4.62. The van der Waals surface area contributed by atoms with E-state index in [1.165, 1.54) is 6.42 Å². The van der Waals surface area contributed by atoms with Crippen molar-refractivity contribution < 1.29 is 9.50 Å². The minimum absolute atomic E-state index is 0.343. The Balaban J connectivity index is 2.35. The Bertz CT molecular complexity index is 146. The number of rotatable bonds is 4. The monoisotopic (exact) mass is 190 g/mol.